The maximum atomic E-state index is 12.9. The number of halogens is 3. The van der Waals surface area contributed by atoms with Gasteiger partial charge in [-0.2, -0.15) is 18.2 Å². The fourth-order valence-corrected chi connectivity index (χ4v) is 3.18. The summed E-state index contributed by atoms with van der Waals surface area (Å²) >= 11 is 0. The summed E-state index contributed by atoms with van der Waals surface area (Å²) < 4.78 is 49.5. The quantitative estimate of drug-likeness (QED) is 0.624. The Kier molecular flexibility index (Phi) is 5.19. The smallest absolute Gasteiger partial charge is 0.416 e. The van der Waals surface area contributed by atoms with Crippen molar-refractivity contribution >= 4 is 5.91 Å². The molecule has 0 N–H and O–H groups in total. The minimum Gasteiger partial charge on any atom is -0.481 e. The highest BCUT2D eigenvalue weighted by atomic mass is 19.4. The Morgan fingerprint density at radius 1 is 1.17 bits per heavy atom. The molecule has 1 saturated heterocycles. The van der Waals surface area contributed by atoms with E-state index in [1.54, 1.807) is 24.0 Å². The van der Waals surface area contributed by atoms with Crippen molar-refractivity contribution in [3.8, 4) is 17.1 Å². The molecule has 2 heterocycles. The fourth-order valence-electron chi connectivity index (χ4n) is 3.18. The fraction of sp³-hybridized carbons (Fsp3) is 0.286. The van der Waals surface area contributed by atoms with Crippen LogP contribution in [-0.4, -0.2) is 40.1 Å². The Morgan fingerprint density at radius 2 is 1.90 bits per heavy atom. The molecule has 0 unspecified atom stereocenters. The monoisotopic (exact) mass is 417 g/mol. The van der Waals surface area contributed by atoms with E-state index >= 15 is 0 Å². The summed E-state index contributed by atoms with van der Waals surface area (Å²) in [5.41, 5.74) is -0.559. The zero-order chi connectivity index (χ0) is 21.3. The van der Waals surface area contributed by atoms with Gasteiger partial charge in [0.15, 0.2) is 6.10 Å². The molecule has 0 bridgehead atoms. The van der Waals surface area contributed by atoms with Crippen LogP contribution in [0, 0.1) is 0 Å². The minimum absolute atomic E-state index is 0.0849. The highest BCUT2D eigenvalue weighted by Gasteiger charge is 2.38. The maximum Gasteiger partial charge on any atom is 0.416 e. The molecule has 1 amide bonds. The van der Waals surface area contributed by atoms with E-state index in [1.807, 2.05) is 18.2 Å². The lowest BCUT2D eigenvalue weighted by atomic mass is 9.99. The lowest BCUT2D eigenvalue weighted by Crippen LogP contribution is -2.52. The van der Waals surface area contributed by atoms with Gasteiger partial charge in [0.1, 0.15) is 5.75 Å². The van der Waals surface area contributed by atoms with Gasteiger partial charge in [-0.1, -0.05) is 35.5 Å². The van der Waals surface area contributed by atoms with Crippen LogP contribution < -0.4 is 4.74 Å². The number of benzene rings is 2. The van der Waals surface area contributed by atoms with Crippen molar-refractivity contribution in [3.05, 3.63) is 66.1 Å². The number of para-hydroxylation sites is 1. The molecular formula is C21H18F3N3O3. The third-order valence-electron chi connectivity index (χ3n) is 4.84. The number of rotatable bonds is 5. The summed E-state index contributed by atoms with van der Waals surface area (Å²) in [7, 11) is 0. The number of carbonyl (C=O) groups excluding carboxylic acids is 1. The Morgan fingerprint density at radius 3 is 2.60 bits per heavy atom. The van der Waals surface area contributed by atoms with E-state index in [-0.39, 0.29) is 23.2 Å². The molecule has 0 radical (unpaired) electrons. The van der Waals surface area contributed by atoms with Gasteiger partial charge in [0.05, 0.1) is 11.5 Å². The highest BCUT2D eigenvalue weighted by molar-refractivity contribution is 5.81. The topological polar surface area (TPSA) is 68.5 Å². The lowest BCUT2D eigenvalue weighted by Gasteiger charge is -2.38. The Labute approximate surface area is 170 Å². The summed E-state index contributed by atoms with van der Waals surface area (Å²) in [6.45, 7) is 2.44. The van der Waals surface area contributed by atoms with Crippen LogP contribution in [0.25, 0.3) is 11.4 Å². The maximum absolute atomic E-state index is 12.9. The van der Waals surface area contributed by atoms with Crippen molar-refractivity contribution in [2.45, 2.75) is 25.1 Å². The van der Waals surface area contributed by atoms with Crippen LogP contribution in [0.15, 0.2) is 59.1 Å². The first kappa shape index (κ1) is 19.9. The predicted molar refractivity (Wildman–Crippen MR) is 101 cm³/mol. The van der Waals surface area contributed by atoms with E-state index in [1.165, 1.54) is 12.1 Å². The SMILES string of the molecule is C[C@@H](Oc1ccccc1)C(=O)N1CC(c2nc(-c3cccc(C(F)(F)F)c3)no2)C1. The summed E-state index contributed by atoms with van der Waals surface area (Å²) in [5, 5.41) is 3.79. The van der Waals surface area contributed by atoms with E-state index in [0.29, 0.717) is 24.7 Å². The lowest BCUT2D eigenvalue weighted by molar-refractivity contribution is -0.143. The molecule has 3 aromatic rings. The molecule has 0 saturated carbocycles. The van der Waals surface area contributed by atoms with Gasteiger partial charge in [0, 0.05) is 18.7 Å². The third-order valence-corrected chi connectivity index (χ3v) is 4.84. The van der Waals surface area contributed by atoms with Crippen LogP contribution >= 0.6 is 0 Å². The van der Waals surface area contributed by atoms with Crippen LogP contribution in [0.5, 0.6) is 5.75 Å². The van der Waals surface area contributed by atoms with E-state index in [0.717, 1.165) is 12.1 Å². The van der Waals surface area contributed by atoms with E-state index in [2.05, 4.69) is 10.1 Å². The molecule has 156 valence electrons. The number of hydrogen-bond acceptors (Lipinski definition) is 5. The molecule has 6 nitrogen and oxygen atoms in total. The van der Waals surface area contributed by atoms with E-state index in [9.17, 15) is 18.0 Å². The second-order valence-electron chi connectivity index (χ2n) is 7.05. The third kappa shape index (κ3) is 4.14. The zero-order valence-corrected chi connectivity index (χ0v) is 16.0. The van der Waals surface area contributed by atoms with E-state index < -0.39 is 17.8 Å². The van der Waals surface area contributed by atoms with E-state index in [4.69, 9.17) is 9.26 Å². The van der Waals surface area contributed by atoms with Gasteiger partial charge in [0.25, 0.3) is 5.91 Å². The summed E-state index contributed by atoms with van der Waals surface area (Å²) in [5.74, 6) is 0.667. The van der Waals surface area contributed by atoms with Crippen molar-refractivity contribution < 1.29 is 27.2 Å². The molecule has 30 heavy (non-hydrogen) atoms. The summed E-state index contributed by atoms with van der Waals surface area (Å²) in [6, 6.07) is 13.8. The van der Waals surface area contributed by atoms with Crippen molar-refractivity contribution in [3.63, 3.8) is 0 Å². The number of amides is 1. The number of carbonyl (C=O) groups is 1. The standard InChI is InChI=1S/C21H18F3N3O3/c1-13(29-17-8-3-2-4-9-17)20(28)27-11-15(12-27)19-25-18(26-30-19)14-6-5-7-16(10-14)21(22,23)24/h2-10,13,15H,11-12H2,1H3/t13-/m1/s1. The Bertz CT molecular complexity index is 1030. The van der Waals surface area contributed by atoms with Crippen molar-refractivity contribution in [2.75, 3.05) is 13.1 Å². The number of hydrogen-bond donors (Lipinski definition) is 0. The molecule has 1 aliphatic heterocycles. The molecule has 1 atom stereocenters. The second kappa shape index (κ2) is 7.81. The average Bonchev–Trinajstić information content (AvgIpc) is 3.16. The van der Waals surface area contributed by atoms with Gasteiger partial charge in [-0.05, 0) is 31.2 Å². The molecule has 9 heteroatoms. The van der Waals surface area contributed by atoms with Crippen LogP contribution in [0.2, 0.25) is 0 Å². The van der Waals surface area contributed by atoms with Crippen LogP contribution in [0.1, 0.15) is 24.3 Å². The Hall–Kier alpha value is -3.36. The molecule has 1 aliphatic rings. The van der Waals surface area contributed by atoms with Crippen molar-refractivity contribution in [1.29, 1.82) is 0 Å². The normalized spacial score (nSPS) is 15.5. The number of aromatic nitrogens is 2. The second-order valence-corrected chi connectivity index (χ2v) is 7.05. The van der Waals surface area contributed by atoms with Gasteiger partial charge in [-0.15, -0.1) is 0 Å². The molecule has 1 fully saturated rings. The first-order valence-electron chi connectivity index (χ1n) is 9.33. The highest BCUT2D eigenvalue weighted by Crippen LogP contribution is 2.33. The molecule has 1 aromatic heterocycles. The summed E-state index contributed by atoms with van der Waals surface area (Å²) in [6.07, 6.45) is -5.09. The van der Waals surface area contributed by atoms with Crippen molar-refractivity contribution in [1.82, 2.24) is 15.0 Å². The number of alkyl halides is 3. The number of nitrogens with zero attached hydrogens (tertiary/aromatic N) is 3. The minimum atomic E-state index is -4.45. The van der Waals surface area contributed by atoms with Crippen LogP contribution in [0.3, 0.4) is 0 Å². The first-order valence-corrected chi connectivity index (χ1v) is 9.33. The summed E-state index contributed by atoms with van der Waals surface area (Å²) in [4.78, 5) is 18.3. The van der Waals surface area contributed by atoms with Gasteiger partial charge >= 0.3 is 6.18 Å². The number of likely N-dealkylation sites (tertiary alicyclic amines) is 1. The van der Waals surface area contributed by atoms with Crippen LogP contribution in [-0.2, 0) is 11.0 Å². The zero-order valence-electron chi connectivity index (χ0n) is 16.0. The predicted octanol–water partition coefficient (Wildman–Crippen LogP) is 4.15. The largest absolute Gasteiger partial charge is 0.481 e. The molecule has 0 spiro atoms. The molecule has 4 rings (SSSR count). The average molecular weight is 417 g/mol. The van der Waals surface area contributed by atoms with Gasteiger partial charge in [-0.25, -0.2) is 0 Å². The van der Waals surface area contributed by atoms with Gasteiger partial charge < -0.3 is 14.2 Å². The first-order chi connectivity index (χ1) is 14.3. The molecule has 0 aliphatic carbocycles. The van der Waals surface area contributed by atoms with Gasteiger partial charge in [-0.3, -0.25) is 4.79 Å². The molecule has 2 aromatic carbocycles. The number of ether oxygens (including phenoxy) is 1. The molecular weight excluding hydrogens is 399 g/mol. The van der Waals surface area contributed by atoms with Crippen molar-refractivity contribution in [2.24, 2.45) is 0 Å². The van der Waals surface area contributed by atoms with Crippen LogP contribution in [0.4, 0.5) is 13.2 Å². The Balaban J connectivity index is 1.37. The van der Waals surface area contributed by atoms with Gasteiger partial charge in [0.2, 0.25) is 11.7 Å².